The molecule has 1 fully saturated rings. The zero-order valence-corrected chi connectivity index (χ0v) is 18.5. The highest BCUT2D eigenvalue weighted by atomic mass is 35.5. The lowest BCUT2D eigenvalue weighted by molar-refractivity contribution is 0.0561. The molecule has 0 atom stereocenters. The Labute approximate surface area is 187 Å². The van der Waals surface area contributed by atoms with Crippen molar-refractivity contribution < 1.29 is 14.3 Å². The van der Waals surface area contributed by atoms with Gasteiger partial charge in [-0.1, -0.05) is 31.5 Å². The van der Waals surface area contributed by atoms with Crippen molar-refractivity contribution in [3.63, 3.8) is 0 Å². The van der Waals surface area contributed by atoms with Gasteiger partial charge < -0.3 is 9.64 Å². The number of ketones is 1. The van der Waals surface area contributed by atoms with E-state index < -0.39 is 0 Å². The van der Waals surface area contributed by atoms with Crippen molar-refractivity contribution in [3.8, 4) is 11.8 Å². The van der Waals surface area contributed by atoms with Gasteiger partial charge in [-0.15, -0.1) is 0 Å². The SMILES string of the molecule is CC(C)C(=O)c1ccc2c(c1)CN(C1CCC(Oc3ccc(C#N)c(Cl)c3)CC1)C2=O. The van der Waals surface area contributed by atoms with E-state index in [0.29, 0.717) is 34.0 Å². The number of halogens is 1. The van der Waals surface area contributed by atoms with Crippen LogP contribution in [-0.2, 0) is 6.54 Å². The third-order valence-electron chi connectivity index (χ3n) is 6.19. The molecule has 160 valence electrons. The molecule has 2 aromatic rings. The molecule has 2 aliphatic rings. The third-order valence-corrected chi connectivity index (χ3v) is 6.51. The van der Waals surface area contributed by atoms with Crippen molar-refractivity contribution in [2.24, 2.45) is 5.92 Å². The zero-order valence-electron chi connectivity index (χ0n) is 17.7. The number of carbonyl (C=O) groups excluding carboxylic acids is 2. The topological polar surface area (TPSA) is 70.4 Å². The monoisotopic (exact) mass is 436 g/mol. The second-order valence-corrected chi connectivity index (χ2v) is 9.03. The van der Waals surface area contributed by atoms with Crippen molar-refractivity contribution in [2.75, 3.05) is 0 Å². The van der Waals surface area contributed by atoms with Gasteiger partial charge in [-0.2, -0.15) is 5.26 Å². The van der Waals surface area contributed by atoms with E-state index in [1.807, 2.05) is 30.9 Å². The number of fused-ring (bicyclic) bond motifs is 1. The first-order chi connectivity index (χ1) is 14.9. The molecule has 0 N–H and O–H groups in total. The Morgan fingerprint density at radius 2 is 1.90 bits per heavy atom. The molecule has 0 aromatic heterocycles. The third kappa shape index (κ3) is 4.31. The van der Waals surface area contributed by atoms with Gasteiger partial charge in [0.05, 0.1) is 16.7 Å². The Morgan fingerprint density at radius 3 is 2.55 bits per heavy atom. The molecule has 0 spiro atoms. The molecular formula is C25H25ClN2O3. The quantitative estimate of drug-likeness (QED) is 0.588. The van der Waals surface area contributed by atoms with Crippen LogP contribution in [0, 0.1) is 17.2 Å². The molecule has 0 unspecified atom stereocenters. The number of hydrogen-bond acceptors (Lipinski definition) is 4. The first kappa shape index (κ1) is 21.4. The van der Waals surface area contributed by atoms with Crippen molar-refractivity contribution in [3.05, 3.63) is 63.7 Å². The smallest absolute Gasteiger partial charge is 0.254 e. The van der Waals surface area contributed by atoms with Crippen LogP contribution in [-0.4, -0.2) is 28.7 Å². The predicted molar refractivity (Wildman–Crippen MR) is 118 cm³/mol. The molecule has 0 saturated heterocycles. The van der Waals surface area contributed by atoms with Crippen LogP contribution in [0.5, 0.6) is 5.75 Å². The minimum absolute atomic E-state index is 0.0572. The fourth-order valence-corrected chi connectivity index (χ4v) is 4.66. The van der Waals surface area contributed by atoms with E-state index in [0.717, 1.165) is 31.2 Å². The van der Waals surface area contributed by atoms with Gasteiger partial charge in [0.2, 0.25) is 0 Å². The number of hydrogen-bond donors (Lipinski definition) is 0. The highest BCUT2D eigenvalue weighted by molar-refractivity contribution is 6.31. The average molecular weight is 437 g/mol. The second-order valence-electron chi connectivity index (χ2n) is 8.63. The number of nitrogens with zero attached hydrogens (tertiary/aromatic N) is 2. The number of benzene rings is 2. The fraction of sp³-hybridized carbons (Fsp3) is 0.400. The normalized spacial score (nSPS) is 20.5. The molecule has 2 aromatic carbocycles. The number of ether oxygens (including phenoxy) is 1. The number of Topliss-reactive ketones (excluding diaryl/α,β-unsaturated/α-hetero) is 1. The molecule has 0 radical (unpaired) electrons. The molecule has 5 nitrogen and oxygen atoms in total. The van der Waals surface area contributed by atoms with Gasteiger partial charge in [0, 0.05) is 35.7 Å². The summed E-state index contributed by atoms with van der Waals surface area (Å²) in [7, 11) is 0. The Balaban J connectivity index is 1.37. The van der Waals surface area contributed by atoms with Crippen molar-refractivity contribution in [1.82, 2.24) is 4.90 Å². The summed E-state index contributed by atoms with van der Waals surface area (Å²) in [6.45, 7) is 4.34. The number of amides is 1. The number of nitriles is 1. The van der Waals surface area contributed by atoms with Crippen LogP contribution in [0.4, 0.5) is 0 Å². The largest absolute Gasteiger partial charge is 0.490 e. The molecule has 6 heteroatoms. The molecule has 4 rings (SSSR count). The summed E-state index contributed by atoms with van der Waals surface area (Å²) in [4.78, 5) is 27.2. The molecular weight excluding hydrogens is 412 g/mol. The maximum absolute atomic E-state index is 13.0. The molecule has 31 heavy (non-hydrogen) atoms. The van der Waals surface area contributed by atoms with Gasteiger partial charge in [-0.3, -0.25) is 9.59 Å². The highest BCUT2D eigenvalue weighted by Crippen LogP contribution is 2.33. The highest BCUT2D eigenvalue weighted by Gasteiger charge is 2.35. The van der Waals surface area contributed by atoms with Crippen molar-refractivity contribution in [2.45, 2.75) is 58.2 Å². The zero-order chi connectivity index (χ0) is 22.1. The summed E-state index contributed by atoms with van der Waals surface area (Å²) in [6, 6.07) is 12.8. The maximum atomic E-state index is 13.0. The summed E-state index contributed by atoms with van der Waals surface area (Å²) < 4.78 is 6.06. The van der Waals surface area contributed by atoms with Gasteiger partial charge in [-0.25, -0.2) is 0 Å². The Hall–Kier alpha value is -2.84. The first-order valence-corrected chi connectivity index (χ1v) is 11.1. The molecule has 1 aliphatic heterocycles. The lowest BCUT2D eigenvalue weighted by Crippen LogP contribution is -2.40. The fourth-order valence-electron chi connectivity index (χ4n) is 4.45. The van der Waals surface area contributed by atoms with E-state index >= 15 is 0 Å². The van der Waals surface area contributed by atoms with Crippen LogP contribution in [0.15, 0.2) is 36.4 Å². The summed E-state index contributed by atoms with van der Waals surface area (Å²) >= 11 is 6.10. The molecule has 1 saturated carbocycles. The van der Waals surface area contributed by atoms with Crippen molar-refractivity contribution in [1.29, 1.82) is 5.26 Å². The van der Waals surface area contributed by atoms with E-state index in [2.05, 4.69) is 0 Å². The predicted octanol–water partition coefficient (Wildman–Crippen LogP) is 5.40. The summed E-state index contributed by atoms with van der Waals surface area (Å²) in [6.07, 6.45) is 3.49. The maximum Gasteiger partial charge on any atom is 0.254 e. The van der Waals surface area contributed by atoms with Crippen LogP contribution < -0.4 is 4.74 Å². The van der Waals surface area contributed by atoms with E-state index in [4.69, 9.17) is 21.6 Å². The number of carbonyl (C=O) groups is 2. The van der Waals surface area contributed by atoms with Gasteiger partial charge in [0.25, 0.3) is 5.91 Å². The van der Waals surface area contributed by atoms with Crippen LogP contribution in [0.3, 0.4) is 0 Å². The van der Waals surface area contributed by atoms with Gasteiger partial charge >= 0.3 is 0 Å². The minimum atomic E-state index is -0.0625. The molecule has 1 aliphatic carbocycles. The van der Waals surface area contributed by atoms with Gasteiger partial charge in [-0.05, 0) is 55.5 Å². The summed E-state index contributed by atoms with van der Waals surface area (Å²) in [5, 5.41) is 9.39. The lowest BCUT2D eigenvalue weighted by atomic mass is 9.92. The van der Waals surface area contributed by atoms with Gasteiger partial charge in [0.15, 0.2) is 5.78 Å². The Morgan fingerprint density at radius 1 is 1.16 bits per heavy atom. The van der Waals surface area contributed by atoms with Crippen molar-refractivity contribution >= 4 is 23.3 Å². The van der Waals surface area contributed by atoms with Gasteiger partial charge in [0.1, 0.15) is 11.8 Å². The summed E-state index contributed by atoms with van der Waals surface area (Å²) in [5.74, 6) is 0.767. The van der Waals surface area contributed by atoms with E-state index in [9.17, 15) is 9.59 Å². The molecule has 0 bridgehead atoms. The standard InChI is InChI=1S/C25H25ClN2O3/c1-15(2)24(29)16-4-10-22-18(11-16)14-28(25(22)30)19-5-8-20(9-6-19)31-21-7-3-17(13-27)23(26)12-21/h3-4,7,10-12,15,19-20H,5-6,8-9,14H2,1-2H3. The number of rotatable bonds is 5. The van der Waals surface area contributed by atoms with Crippen LogP contribution >= 0.6 is 11.6 Å². The molecule has 1 amide bonds. The van der Waals surface area contributed by atoms with Crippen LogP contribution in [0.2, 0.25) is 5.02 Å². The van der Waals surface area contributed by atoms with E-state index in [1.165, 1.54) is 0 Å². The van der Waals surface area contributed by atoms with Crippen LogP contribution in [0.25, 0.3) is 0 Å². The Kier molecular flexibility index (Phi) is 6.02. The van der Waals surface area contributed by atoms with E-state index in [1.54, 1.807) is 30.3 Å². The Bertz CT molecular complexity index is 1060. The summed E-state index contributed by atoms with van der Waals surface area (Å²) in [5.41, 5.74) is 2.78. The lowest BCUT2D eigenvalue weighted by Gasteiger charge is -2.34. The second kappa shape index (κ2) is 8.72. The minimum Gasteiger partial charge on any atom is -0.490 e. The van der Waals surface area contributed by atoms with E-state index in [-0.39, 0.29) is 29.8 Å². The van der Waals surface area contributed by atoms with Crippen LogP contribution in [0.1, 0.15) is 71.4 Å². The molecule has 1 heterocycles. The average Bonchev–Trinajstić information content (AvgIpc) is 3.09. The first-order valence-electron chi connectivity index (χ1n) is 10.7.